The van der Waals surface area contributed by atoms with Crippen LogP contribution in [0.2, 0.25) is 0 Å². The first kappa shape index (κ1) is 38.0. The third-order valence-electron chi connectivity index (χ3n) is 13.5. The molecule has 3 saturated carbocycles. The highest BCUT2D eigenvalue weighted by Crippen LogP contribution is 2.47. The normalized spacial score (nSPS) is 41.9. The highest BCUT2D eigenvalue weighted by molar-refractivity contribution is 6.20. The number of likely N-dealkylation sites (tertiary alicyclic amines) is 2. The van der Waals surface area contributed by atoms with Crippen LogP contribution in [0, 0.1) is 16.0 Å². The summed E-state index contributed by atoms with van der Waals surface area (Å²) >= 11 is 0. The second-order valence-electron chi connectivity index (χ2n) is 18.2. The monoisotopic (exact) mass is 759 g/mol. The Hall–Kier alpha value is -2.92. The molecule has 0 aromatic rings. The minimum absolute atomic E-state index is 0.0121. The van der Waals surface area contributed by atoms with Crippen molar-refractivity contribution in [2.45, 2.75) is 170 Å². The molecule has 8 rings (SSSR count). The van der Waals surface area contributed by atoms with Gasteiger partial charge >= 0.3 is 6.09 Å². The quantitative estimate of drug-likeness (QED) is 0.196. The summed E-state index contributed by atoms with van der Waals surface area (Å²) in [5.41, 5.74) is -0.618. The number of nitrogens with one attached hydrogen (secondary N) is 3. The molecule has 300 valence electrons. The maximum atomic E-state index is 16.5. The van der Waals surface area contributed by atoms with Gasteiger partial charge < -0.3 is 44.9 Å². The summed E-state index contributed by atoms with van der Waals surface area (Å²) in [7, 11) is 2.14. The Labute approximate surface area is 316 Å². The van der Waals surface area contributed by atoms with Gasteiger partial charge in [-0.1, -0.05) is 0 Å². The average Bonchev–Trinajstić information content (AvgIpc) is 3.75. The van der Waals surface area contributed by atoms with E-state index >= 15 is 4.39 Å². The number of carbonyl (C=O) groups excluding carboxylic acids is 3. The van der Waals surface area contributed by atoms with Crippen molar-refractivity contribution >= 4 is 17.8 Å². The zero-order valence-corrected chi connectivity index (χ0v) is 32.0. The summed E-state index contributed by atoms with van der Waals surface area (Å²) in [6.45, 7) is 7.66. The molecule has 8 aliphatic rings. The van der Waals surface area contributed by atoms with Crippen molar-refractivity contribution in [3.63, 3.8) is 0 Å². The smallest absolute Gasteiger partial charge is 0.407 e. The van der Waals surface area contributed by atoms with Crippen molar-refractivity contribution in [2.75, 3.05) is 33.2 Å². The Balaban J connectivity index is 1.04. The Kier molecular flexibility index (Phi) is 10.5. The summed E-state index contributed by atoms with van der Waals surface area (Å²) in [6, 6.07) is -1.79. The second-order valence-corrected chi connectivity index (χ2v) is 18.2. The van der Waals surface area contributed by atoms with Crippen LogP contribution in [0.1, 0.15) is 85.0 Å². The largest absolute Gasteiger partial charge is 0.444 e. The molecule has 13 unspecified atom stereocenters. The van der Waals surface area contributed by atoms with E-state index in [0.29, 0.717) is 57.7 Å². The third-order valence-corrected chi connectivity index (χ3v) is 13.5. The van der Waals surface area contributed by atoms with E-state index in [-0.39, 0.29) is 71.7 Å². The number of nitro groups is 1. The topological polar surface area (TPSA) is 168 Å². The van der Waals surface area contributed by atoms with Gasteiger partial charge in [0.1, 0.15) is 11.8 Å². The fourth-order valence-electron chi connectivity index (χ4n) is 10.9. The lowest BCUT2D eigenvalue weighted by molar-refractivity contribution is -0.529. The number of Topliss-reactive ketones (excluding diaryl/α,β-unsaturated/α-hetero) is 1. The number of morpholine rings is 2. The molecule has 4 saturated heterocycles. The zero-order valence-electron chi connectivity index (χ0n) is 32.0. The van der Waals surface area contributed by atoms with E-state index in [1.165, 1.54) is 0 Å². The Morgan fingerprint density at radius 1 is 1.06 bits per heavy atom. The van der Waals surface area contributed by atoms with Crippen molar-refractivity contribution in [1.29, 1.82) is 0 Å². The Morgan fingerprint density at radius 3 is 2.59 bits per heavy atom. The van der Waals surface area contributed by atoms with Gasteiger partial charge in [0.25, 0.3) is 5.91 Å². The van der Waals surface area contributed by atoms with Gasteiger partial charge in [0.05, 0.1) is 54.2 Å². The van der Waals surface area contributed by atoms with Crippen LogP contribution in [0.25, 0.3) is 0 Å². The van der Waals surface area contributed by atoms with Gasteiger partial charge in [-0.15, -0.1) is 0 Å². The lowest BCUT2D eigenvalue weighted by Crippen LogP contribution is -2.75. The molecular weight excluding hydrogens is 701 g/mol. The van der Waals surface area contributed by atoms with Crippen LogP contribution < -0.4 is 16.0 Å². The van der Waals surface area contributed by atoms with Gasteiger partial charge in [-0.25, -0.2) is 9.18 Å². The predicted molar refractivity (Wildman–Crippen MR) is 194 cm³/mol. The first-order valence-electron chi connectivity index (χ1n) is 20.3. The molecule has 0 bridgehead atoms. The molecule has 0 aromatic carbocycles. The van der Waals surface area contributed by atoms with Crippen LogP contribution in [0.3, 0.4) is 0 Å². The molecular formula is C38H58FN7O8. The lowest BCUT2D eigenvalue weighted by atomic mass is 9.69. The van der Waals surface area contributed by atoms with Crippen LogP contribution in [-0.2, 0) is 23.8 Å². The predicted octanol–water partition coefficient (Wildman–Crippen LogP) is 1.90. The van der Waals surface area contributed by atoms with Gasteiger partial charge in [-0.3, -0.25) is 19.7 Å². The number of halogens is 1. The number of amides is 2. The fraction of sp³-hybridized carbons (Fsp3) is 0.868. The second kappa shape index (κ2) is 14.9. The van der Waals surface area contributed by atoms with E-state index in [9.17, 15) is 24.5 Å². The number of alkyl halides is 1. The number of carbonyl (C=O) groups is 3. The van der Waals surface area contributed by atoms with Crippen molar-refractivity contribution in [2.24, 2.45) is 5.92 Å². The van der Waals surface area contributed by atoms with Crippen LogP contribution in [0.5, 0.6) is 0 Å². The van der Waals surface area contributed by atoms with Crippen molar-refractivity contribution in [3.05, 3.63) is 21.9 Å². The van der Waals surface area contributed by atoms with Gasteiger partial charge in [0.2, 0.25) is 6.04 Å². The maximum Gasteiger partial charge on any atom is 0.407 e. The minimum atomic E-state index is -1.34. The molecule has 3 aliphatic carbocycles. The van der Waals surface area contributed by atoms with Gasteiger partial charge in [-0.2, -0.15) is 0 Å². The van der Waals surface area contributed by atoms with E-state index in [4.69, 9.17) is 14.2 Å². The molecule has 0 radical (unpaired) electrons. The van der Waals surface area contributed by atoms with E-state index < -0.39 is 53.9 Å². The van der Waals surface area contributed by atoms with Crippen molar-refractivity contribution in [3.8, 4) is 0 Å². The van der Waals surface area contributed by atoms with Gasteiger partial charge in [0.15, 0.2) is 5.78 Å². The number of hydrogen-bond acceptors (Lipinski definition) is 12. The molecule has 3 N–H and O–H groups in total. The third kappa shape index (κ3) is 7.37. The first-order valence-corrected chi connectivity index (χ1v) is 20.3. The first-order chi connectivity index (χ1) is 25.7. The van der Waals surface area contributed by atoms with E-state index in [1.54, 1.807) is 31.9 Å². The number of fused-ring (bicyclic) bond motifs is 4. The van der Waals surface area contributed by atoms with Gasteiger partial charge in [-0.05, 0) is 92.3 Å². The molecule has 16 heteroatoms. The number of ether oxygens (including phenoxy) is 3. The molecule has 7 fully saturated rings. The van der Waals surface area contributed by atoms with Crippen LogP contribution in [-0.4, -0.2) is 155 Å². The Morgan fingerprint density at radius 2 is 1.85 bits per heavy atom. The maximum absolute atomic E-state index is 16.5. The molecule has 0 aromatic heterocycles. The van der Waals surface area contributed by atoms with Crippen molar-refractivity contribution in [1.82, 2.24) is 30.7 Å². The molecule has 2 amide bonds. The molecule has 54 heavy (non-hydrogen) atoms. The molecule has 5 heterocycles. The molecule has 15 nitrogen and oxygen atoms in total. The summed E-state index contributed by atoms with van der Waals surface area (Å²) in [4.78, 5) is 58.6. The standard InChI is InChI=1S/C38H58FN7O8/c1-38(2,3)54-37(49)41-20-10-13-44(18-20)36(48)24-19-45-28-17-30-27(42-26-8-7-22(46(50)51)14-29(26)52-30)16-31(28)53-35-32(25(39)15-23(33(35)45)34(24)47)40-11-9-21-6-5-12-43(21)4/h19-23,25-33,35,40,42H,5-18H2,1-4H3,(H,41,49)/t20-,21?,22?,23?,25?,26?,27?,28?,29?,30?,31?,32?,33?,35?/m0/s1. The SMILES string of the molecule is CN1CCCC1CCNC1C(F)CC2C(=O)C(C(=O)N3CC[C@H](NC(=O)OC(C)(C)C)C3)=CN3C4CC5OC6CC([N+](=O)[O-])CCC6NC5CC4OC1C23. The number of alkyl carbamates (subject to hydrolysis) is 1. The summed E-state index contributed by atoms with van der Waals surface area (Å²) in [5, 5.41) is 21.8. The number of nitrogens with zero attached hydrogens (tertiary/aromatic N) is 4. The molecule has 14 atom stereocenters. The van der Waals surface area contributed by atoms with E-state index in [2.05, 4.69) is 32.8 Å². The molecule has 0 spiro atoms. The van der Waals surface area contributed by atoms with E-state index in [1.807, 2.05) is 0 Å². The number of rotatable bonds is 7. The zero-order chi connectivity index (χ0) is 38.1. The minimum Gasteiger partial charge on any atom is -0.444 e. The lowest BCUT2D eigenvalue weighted by Gasteiger charge is -2.61. The Bertz CT molecular complexity index is 1510. The highest BCUT2D eigenvalue weighted by Gasteiger charge is 2.61. The van der Waals surface area contributed by atoms with E-state index in [0.717, 1.165) is 25.8 Å². The van der Waals surface area contributed by atoms with Crippen LogP contribution >= 0.6 is 0 Å². The van der Waals surface area contributed by atoms with Crippen LogP contribution in [0.4, 0.5) is 9.18 Å². The highest BCUT2D eigenvalue weighted by atomic mass is 19.1. The van der Waals surface area contributed by atoms with Crippen molar-refractivity contribution < 1.29 is 37.9 Å². The van der Waals surface area contributed by atoms with Crippen LogP contribution in [0.15, 0.2) is 11.8 Å². The summed E-state index contributed by atoms with van der Waals surface area (Å²) < 4.78 is 35.5. The summed E-state index contributed by atoms with van der Waals surface area (Å²) in [6.07, 6.45) is 4.82. The van der Waals surface area contributed by atoms with Gasteiger partial charge in [0, 0.05) is 61.1 Å². The number of hydrogen-bond donors (Lipinski definition) is 3. The average molecular weight is 760 g/mol. The summed E-state index contributed by atoms with van der Waals surface area (Å²) in [5.74, 6) is -1.53. The molecule has 5 aliphatic heterocycles. The fourth-order valence-corrected chi connectivity index (χ4v) is 10.9. The number of ketones is 1.